The lowest BCUT2D eigenvalue weighted by molar-refractivity contribution is 0.244. The molecule has 0 amide bonds. The first kappa shape index (κ1) is 14.4. The molecule has 1 aliphatic rings. The molecule has 3 heteroatoms. The summed E-state index contributed by atoms with van der Waals surface area (Å²) in [4.78, 5) is 4.81. The topological polar surface area (TPSA) is 12.9 Å². The van der Waals surface area contributed by atoms with Crippen LogP contribution < -0.4 is 0 Å². The molecule has 20 heavy (non-hydrogen) atoms. The van der Waals surface area contributed by atoms with Crippen LogP contribution in [0.2, 0.25) is 0 Å². The quantitative estimate of drug-likeness (QED) is 0.705. The number of rotatable bonds is 3. The summed E-state index contributed by atoms with van der Waals surface area (Å²) in [6.07, 6.45) is 4.14. The zero-order valence-electron chi connectivity index (χ0n) is 12.5. The van der Waals surface area contributed by atoms with Crippen molar-refractivity contribution in [2.75, 3.05) is 0 Å². The molecular weight excluding hydrogens is 282 g/mol. The van der Waals surface area contributed by atoms with Crippen LogP contribution in [0.4, 0.5) is 0 Å². The first-order chi connectivity index (χ1) is 9.63. The Bertz CT molecular complexity index is 542. The summed E-state index contributed by atoms with van der Waals surface area (Å²) in [5, 5.41) is 0.749. The van der Waals surface area contributed by atoms with Crippen LogP contribution in [0.3, 0.4) is 0 Å². The Labute approximate surface area is 130 Å². The third-order valence-electron chi connectivity index (χ3n) is 4.49. The van der Waals surface area contributed by atoms with E-state index in [-0.39, 0.29) is 0 Å². The Morgan fingerprint density at radius 3 is 2.80 bits per heavy atom. The highest BCUT2D eigenvalue weighted by atomic mass is 32.2. The molecule has 1 saturated carbocycles. The first-order valence-electron chi connectivity index (χ1n) is 7.65. The van der Waals surface area contributed by atoms with E-state index in [4.69, 9.17) is 4.98 Å². The minimum absolute atomic E-state index is 0.749. The number of nitrogens with zero attached hydrogens (tertiary/aromatic N) is 1. The van der Waals surface area contributed by atoms with Crippen molar-refractivity contribution in [2.24, 2.45) is 17.8 Å². The lowest BCUT2D eigenvalue weighted by Crippen LogP contribution is -2.29. The second-order valence-electron chi connectivity index (χ2n) is 6.43. The minimum Gasteiger partial charge on any atom is -0.230 e. The van der Waals surface area contributed by atoms with Gasteiger partial charge < -0.3 is 0 Å². The minimum atomic E-state index is 0.749. The molecule has 3 rings (SSSR count). The van der Waals surface area contributed by atoms with Gasteiger partial charge in [-0.25, -0.2) is 4.98 Å². The van der Waals surface area contributed by atoms with Crippen molar-refractivity contribution < 1.29 is 0 Å². The van der Waals surface area contributed by atoms with Gasteiger partial charge in [0.25, 0.3) is 0 Å². The maximum absolute atomic E-state index is 4.81. The van der Waals surface area contributed by atoms with E-state index in [1.165, 1.54) is 28.3 Å². The Morgan fingerprint density at radius 1 is 1.25 bits per heavy atom. The second-order valence-corrected chi connectivity index (χ2v) is 8.95. The van der Waals surface area contributed by atoms with Gasteiger partial charge in [0.2, 0.25) is 0 Å². The number of thioether (sulfide) groups is 1. The number of aromatic nitrogens is 1. The smallest absolute Gasteiger partial charge is 0.151 e. The Kier molecular flexibility index (Phi) is 4.37. The zero-order valence-corrected chi connectivity index (χ0v) is 14.1. The van der Waals surface area contributed by atoms with Crippen LogP contribution in [0.1, 0.15) is 40.0 Å². The normalized spacial score (nSPS) is 27.3. The summed E-state index contributed by atoms with van der Waals surface area (Å²) in [6, 6.07) is 8.49. The molecule has 0 saturated heterocycles. The molecule has 1 nitrogen and oxygen atoms in total. The fourth-order valence-corrected chi connectivity index (χ4v) is 6.27. The molecule has 0 radical (unpaired) electrons. The van der Waals surface area contributed by atoms with Gasteiger partial charge in [-0.05, 0) is 42.7 Å². The number of fused-ring (bicyclic) bond motifs is 1. The molecule has 108 valence electrons. The highest BCUT2D eigenvalue weighted by Gasteiger charge is 2.32. The van der Waals surface area contributed by atoms with E-state index in [2.05, 4.69) is 45.0 Å². The summed E-state index contributed by atoms with van der Waals surface area (Å²) in [5.41, 5.74) is 1.16. The standard InChI is InChI=1S/C17H23NS2/c1-11(2)13-9-8-12(3)10-16(13)20-17-18-14-6-4-5-7-15(14)19-17/h4-7,11-13,16H,8-10H2,1-3H3. The molecule has 0 spiro atoms. The molecule has 1 aromatic carbocycles. The predicted octanol–water partition coefficient (Wildman–Crippen LogP) is 5.85. The van der Waals surface area contributed by atoms with Crippen LogP contribution in [-0.4, -0.2) is 10.2 Å². The van der Waals surface area contributed by atoms with Gasteiger partial charge in [-0.3, -0.25) is 0 Å². The number of para-hydroxylation sites is 1. The maximum atomic E-state index is 4.81. The van der Waals surface area contributed by atoms with E-state index in [9.17, 15) is 0 Å². The largest absolute Gasteiger partial charge is 0.230 e. The van der Waals surface area contributed by atoms with E-state index < -0.39 is 0 Å². The highest BCUT2D eigenvalue weighted by Crippen LogP contribution is 2.44. The van der Waals surface area contributed by atoms with E-state index in [0.717, 1.165) is 28.5 Å². The highest BCUT2D eigenvalue weighted by molar-refractivity contribution is 8.01. The number of thiazole rings is 1. The zero-order chi connectivity index (χ0) is 14.1. The van der Waals surface area contributed by atoms with Crippen LogP contribution in [0.15, 0.2) is 28.6 Å². The Morgan fingerprint density at radius 2 is 2.05 bits per heavy atom. The molecule has 2 aromatic rings. The summed E-state index contributed by atoms with van der Waals surface area (Å²) in [5.74, 6) is 2.51. The van der Waals surface area contributed by atoms with E-state index >= 15 is 0 Å². The fraction of sp³-hybridized carbons (Fsp3) is 0.588. The van der Waals surface area contributed by atoms with Gasteiger partial charge in [0.15, 0.2) is 4.34 Å². The van der Waals surface area contributed by atoms with Crippen molar-refractivity contribution >= 4 is 33.3 Å². The van der Waals surface area contributed by atoms with Crippen LogP contribution in [-0.2, 0) is 0 Å². The van der Waals surface area contributed by atoms with Gasteiger partial charge in [0, 0.05) is 5.25 Å². The van der Waals surface area contributed by atoms with Crippen molar-refractivity contribution in [3.63, 3.8) is 0 Å². The van der Waals surface area contributed by atoms with Crippen LogP contribution in [0.5, 0.6) is 0 Å². The fourth-order valence-electron chi connectivity index (χ4n) is 3.28. The SMILES string of the molecule is CC1CCC(C(C)C)C(Sc2nc3ccccc3s2)C1. The molecule has 1 aromatic heterocycles. The summed E-state index contributed by atoms with van der Waals surface area (Å²) < 4.78 is 2.58. The van der Waals surface area contributed by atoms with Crippen molar-refractivity contribution in [1.29, 1.82) is 0 Å². The average Bonchev–Trinajstić information content (AvgIpc) is 2.80. The van der Waals surface area contributed by atoms with Gasteiger partial charge in [-0.1, -0.05) is 51.1 Å². The molecule has 1 heterocycles. The molecule has 0 bridgehead atoms. The summed E-state index contributed by atoms with van der Waals surface area (Å²) in [6.45, 7) is 7.17. The van der Waals surface area contributed by atoms with Crippen LogP contribution >= 0.6 is 23.1 Å². The van der Waals surface area contributed by atoms with Crippen molar-refractivity contribution in [3.8, 4) is 0 Å². The molecule has 3 atom stereocenters. The number of hydrogen-bond acceptors (Lipinski definition) is 3. The number of hydrogen-bond donors (Lipinski definition) is 0. The van der Waals surface area contributed by atoms with E-state index in [1.807, 2.05) is 23.1 Å². The van der Waals surface area contributed by atoms with Gasteiger partial charge >= 0.3 is 0 Å². The van der Waals surface area contributed by atoms with Gasteiger partial charge in [-0.2, -0.15) is 0 Å². The number of benzene rings is 1. The van der Waals surface area contributed by atoms with Crippen LogP contribution in [0, 0.1) is 17.8 Å². The lowest BCUT2D eigenvalue weighted by atomic mass is 9.77. The van der Waals surface area contributed by atoms with Crippen molar-refractivity contribution in [3.05, 3.63) is 24.3 Å². The Hall–Kier alpha value is -0.540. The third kappa shape index (κ3) is 3.04. The lowest BCUT2D eigenvalue weighted by Gasteiger charge is -2.36. The first-order valence-corrected chi connectivity index (χ1v) is 9.35. The summed E-state index contributed by atoms with van der Waals surface area (Å²) in [7, 11) is 0. The molecule has 0 N–H and O–H groups in total. The average molecular weight is 306 g/mol. The molecule has 0 aliphatic heterocycles. The van der Waals surface area contributed by atoms with E-state index in [1.54, 1.807) is 0 Å². The van der Waals surface area contributed by atoms with E-state index in [0.29, 0.717) is 0 Å². The third-order valence-corrected chi connectivity index (χ3v) is 7.00. The molecular formula is C17H23NS2. The Balaban J connectivity index is 1.80. The van der Waals surface area contributed by atoms with Crippen molar-refractivity contribution in [2.45, 2.75) is 49.6 Å². The van der Waals surface area contributed by atoms with Crippen molar-refractivity contribution in [1.82, 2.24) is 4.98 Å². The monoisotopic (exact) mass is 305 g/mol. The van der Waals surface area contributed by atoms with Gasteiger partial charge in [0.05, 0.1) is 10.2 Å². The predicted molar refractivity (Wildman–Crippen MR) is 90.6 cm³/mol. The summed E-state index contributed by atoms with van der Waals surface area (Å²) >= 11 is 3.90. The van der Waals surface area contributed by atoms with Gasteiger partial charge in [0.1, 0.15) is 0 Å². The molecule has 1 aliphatic carbocycles. The van der Waals surface area contributed by atoms with Crippen LogP contribution in [0.25, 0.3) is 10.2 Å². The molecule has 3 unspecified atom stereocenters. The van der Waals surface area contributed by atoms with Gasteiger partial charge in [-0.15, -0.1) is 11.3 Å². The maximum Gasteiger partial charge on any atom is 0.151 e. The second kappa shape index (κ2) is 6.07. The molecule has 1 fully saturated rings.